The Labute approximate surface area is 147 Å². The Kier molecular flexibility index (Phi) is 4.83. The molecule has 1 amide bonds. The fourth-order valence-corrected chi connectivity index (χ4v) is 2.54. The number of carbonyl (C=O) groups is 1. The molecule has 1 aliphatic heterocycles. The van der Waals surface area contributed by atoms with Crippen molar-refractivity contribution < 1.29 is 27.5 Å². The molecule has 0 aromatic heterocycles. The van der Waals surface area contributed by atoms with Crippen molar-refractivity contribution in [2.45, 2.75) is 18.7 Å². The van der Waals surface area contributed by atoms with Gasteiger partial charge in [0.05, 0.1) is 24.1 Å². The number of nitrogens with one attached hydrogen (secondary N) is 1. The lowest BCUT2D eigenvalue weighted by molar-refractivity contribution is -0.137. The summed E-state index contributed by atoms with van der Waals surface area (Å²) in [5, 5.41) is 6.15. The van der Waals surface area contributed by atoms with E-state index in [9.17, 15) is 18.0 Å². The number of hydrogen-bond acceptors (Lipinski definition) is 4. The number of oxime groups is 1. The normalized spacial score (nSPS) is 16.6. The van der Waals surface area contributed by atoms with Crippen LogP contribution in [0.1, 0.15) is 17.5 Å². The summed E-state index contributed by atoms with van der Waals surface area (Å²) < 4.78 is 44.2. The minimum absolute atomic E-state index is 0.146. The fourth-order valence-electron chi connectivity index (χ4n) is 2.54. The monoisotopic (exact) mass is 364 g/mol. The zero-order valence-electron chi connectivity index (χ0n) is 13.7. The van der Waals surface area contributed by atoms with Gasteiger partial charge in [0.25, 0.3) is 5.91 Å². The van der Waals surface area contributed by atoms with E-state index in [4.69, 9.17) is 9.57 Å². The van der Waals surface area contributed by atoms with Gasteiger partial charge >= 0.3 is 6.18 Å². The Morgan fingerprint density at radius 3 is 2.73 bits per heavy atom. The average molecular weight is 364 g/mol. The Bertz CT molecular complexity index is 850. The molecule has 0 radical (unpaired) electrons. The lowest BCUT2D eigenvalue weighted by Crippen LogP contribution is -2.29. The lowest BCUT2D eigenvalue weighted by Gasteiger charge is -2.15. The quantitative estimate of drug-likeness (QED) is 0.897. The van der Waals surface area contributed by atoms with E-state index in [0.717, 1.165) is 11.6 Å². The molecule has 1 N–H and O–H groups in total. The number of nitrogens with zero attached hydrogens (tertiary/aromatic N) is 1. The molecule has 0 spiro atoms. The van der Waals surface area contributed by atoms with E-state index in [1.165, 1.54) is 25.3 Å². The molecule has 0 saturated carbocycles. The van der Waals surface area contributed by atoms with Gasteiger partial charge in [0.2, 0.25) is 6.10 Å². The van der Waals surface area contributed by atoms with Gasteiger partial charge in [0.15, 0.2) is 0 Å². The lowest BCUT2D eigenvalue weighted by atomic mass is 10.0. The second kappa shape index (κ2) is 7.07. The molecule has 0 bridgehead atoms. The number of rotatable bonds is 4. The van der Waals surface area contributed by atoms with E-state index in [-0.39, 0.29) is 12.1 Å². The number of carbonyl (C=O) groups excluding carboxylic acids is 1. The molecule has 1 heterocycles. The molecule has 0 aliphatic carbocycles. The Morgan fingerprint density at radius 1 is 1.23 bits per heavy atom. The van der Waals surface area contributed by atoms with Crippen molar-refractivity contribution in [3.05, 3.63) is 59.7 Å². The molecule has 136 valence electrons. The zero-order valence-corrected chi connectivity index (χ0v) is 13.7. The van der Waals surface area contributed by atoms with Gasteiger partial charge in [-0.05, 0) is 24.3 Å². The molecule has 1 aliphatic rings. The topological polar surface area (TPSA) is 59.9 Å². The molecule has 0 saturated heterocycles. The number of ether oxygens (including phenoxy) is 1. The number of amides is 1. The van der Waals surface area contributed by atoms with Crippen LogP contribution in [0.15, 0.2) is 53.7 Å². The molecule has 0 fully saturated rings. The first-order valence-corrected chi connectivity index (χ1v) is 7.72. The highest BCUT2D eigenvalue weighted by atomic mass is 19.4. The van der Waals surface area contributed by atoms with Crippen LogP contribution in [0, 0.1) is 0 Å². The first kappa shape index (κ1) is 17.8. The second-order valence-corrected chi connectivity index (χ2v) is 5.60. The summed E-state index contributed by atoms with van der Waals surface area (Å²) in [5.74, 6) is -0.0689. The highest BCUT2D eigenvalue weighted by Gasteiger charge is 2.35. The van der Waals surface area contributed by atoms with Gasteiger partial charge in [-0.3, -0.25) is 4.79 Å². The number of para-hydroxylation sites is 1. The molecule has 26 heavy (non-hydrogen) atoms. The number of halogens is 3. The highest BCUT2D eigenvalue weighted by Crippen LogP contribution is 2.34. The van der Waals surface area contributed by atoms with E-state index in [2.05, 4.69) is 10.5 Å². The van der Waals surface area contributed by atoms with Crippen LogP contribution in [0.2, 0.25) is 0 Å². The summed E-state index contributed by atoms with van der Waals surface area (Å²) in [6.07, 6.45) is -5.42. The van der Waals surface area contributed by atoms with Gasteiger partial charge < -0.3 is 14.9 Å². The third kappa shape index (κ3) is 3.79. The first-order valence-electron chi connectivity index (χ1n) is 7.72. The van der Waals surface area contributed by atoms with E-state index >= 15 is 0 Å². The third-order valence-electron chi connectivity index (χ3n) is 3.85. The predicted molar refractivity (Wildman–Crippen MR) is 89.1 cm³/mol. The number of methoxy groups -OCH3 is 1. The standard InChI is InChI=1S/C18H15F3N2O3/c1-25-12-6-4-5-11(9-12)15-10-16(26-23-15)17(24)22-14-8-3-2-7-13(14)18(19,20)21/h2-9,16H,10H2,1H3,(H,22,24)/t16-/m1/s1. The minimum Gasteiger partial charge on any atom is -0.497 e. The summed E-state index contributed by atoms with van der Waals surface area (Å²) in [6, 6.07) is 11.8. The zero-order chi connectivity index (χ0) is 18.7. The largest absolute Gasteiger partial charge is 0.497 e. The van der Waals surface area contributed by atoms with Crippen LogP contribution in [-0.4, -0.2) is 24.8 Å². The molecule has 2 aromatic rings. The van der Waals surface area contributed by atoms with E-state index in [1.807, 2.05) is 0 Å². The fraction of sp³-hybridized carbons (Fsp3) is 0.222. The van der Waals surface area contributed by atoms with Crippen LogP contribution in [-0.2, 0) is 15.8 Å². The Balaban J connectivity index is 1.70. The molecular weight excluding hydrogens is 349 g/mol. The van der Waals surface area contributed by atoms with Crippen molar-refractivity contribution >= 4 is 17.3 Å². The summed E-state index contributed by atoms with van der Waals surface area (Å²) in [4.78, 5) is 17.4. The molecule has 1 atom stereocenters. The number of benzene rings is 2. The van der Waals surface area contributed by atoms with Crippen LogP contribution >= 0.6 is 0 Å². The molecule has 3 rings (SSSR count). The average Bonchev–Trinajstić information content (AvgIpc) is 3.11. The molecule has 8 heteroatoms. The van der Waals surface area contributed by atoms with Gasteiger partial charge in [-0.15, -0.1) is 0 Å². The Hall–Kier alpha value is -3.03. The summed E-state index contributed by atoms with van der Waals surface area (Å²) in [6.45, 7) is 0. The van der Waals surface area contributed by atoms with Gasteiger partial charge in [-0.1, -0.05) is 29.4 Å². The van der Waals surface area contributed by atoms with Crippen LogP contribution in [0.4, 0.5) is 18.9 Å². The van der Waals surface area contributed by atoms with Crippen LogP contribution < -0.4 is 10.1 Å². The smallest absolute Gasteiger partial charge is 0.418 e. The molecule has 0 unspecified atom stereocenters. The van der Waals surface area contributed by atoms with E-state index in [0.29, 0.717) is 11.5 Å². The maximum Gasteiger partial charge on any atom is 0.418 e. The number of anilines is 1. The maximum atomic E-state index is 13.0. The number of alkyl halides is 3. The van der Waals surface area contributed by atoms with Crippen molar-refractivity contribution in [1.29, 1.82) is 0 Å². The van der Waals surface area contributed by atoms with E-state index < -0.39 is 23.8 Å². The van der Waals surface area contributed by atoms with Crippen molar-refractivity contribution in [2.24, 2.45) is 5.16 Å². The third-order valence-corrected chi connectivity index (χ3v) is 3.85. The maximum absolute atomic E-state index is 13.0. The van der Waals surface area contributed by atoms with Crippen molar-refractivity contribution in [1.82, 2.24) is 0 Å². The highest BCUT2D eigenvalue weighted by molar-refractivity contribution is 6.06. The first-order chi connectivity index (χ1) is 12.4. The van der Waals surface area contributed by atoms with Crippen LogP contribution in [0.5, 0.6) is 5.75 Å². The van der Waals surface area contributed by atoms with E-state index in [1.54, 1.807) is 24.3 Å². The van der Waals surface area contributed by atoms with Gasteiger partial charge in [-0.2, -0.15) is 13.2 Å². The van der Waals surface area contributed by atoms with Gasteiger partial charge in [-0.25, -0.2) is 0 Å². The molecule has 2 aromatic carbocycles. The SMILES string of the molecule is COc1cccc(C2=NO[C@@H](C(=O)Nc3ccccc3C(F)(F)F)C2)c1. The van der Waals surface area contributed by atoms with Crippen molar-refractivity contribution in [3.8, 4) is 5.75 Å². The minimum atomic E-state index is -4.57. The van der Waals surface area contributed by atoms with Crippen LogP contribution in [0.3, 0.4) is 0 Å². The predicted octanol–water partition coefficient (Wildman–Crippen LogP) is 3.85. The summed E-state index contributed by atoms with van der Waals surface area (Å²) >= 11 is 0. The molecule has 5 nitrogen and oxygen atoms in total. The van der Waals surface area contributed by atoms with Gasteiger partial charge in [0.1, 0.15) is 5.75 Å². The number of hydrogen-bond donors (Lipinski definition) is 1. The van der Waals surface area contributed by atoms with Crippen LogP contribution in [0.25, 0.3) is 0 Å². The second-order valence-electron chi connectivity index (χ2n) is 5.60. The summed E-state index contributed by atoms with van der Waals surface area (Å²) in [5.41, 5.74) is 0.00668. The van der Waals surface area contributed by atoms with Crippen molar-refractivity contribution in [3.63, 3.8) is 0 Å². The van der Waals surface area contributed by atoms with Gasteiger partial charge in [0, 0.05) is 12.0 Å². The molecular formula is C18H15F3N2O3. The van der Waals surface area contributed by atoms with Crippen molar-refractivity contribution in [2.75, 3.05) is 12.4 Å². The Morgan fingerprint density at radius 2 is 2.00 bits per heavy atom. The summed E-state index contributed by atoms with van der Waals surface area (Å²) in [7, 11) is 1.53.